The molecule has 0 aliphatic rings. The van der Waals surface area contributed by atoms with Gasteiger partial charge >= 0.3 is 0 Å². The quantitative estimate of drug-likeness (QED) is 0.655. The van der Waals surface area contributed by atoms with Crippen LogP contribution in [0, 0.1) is 5.82 Å². The summed E-state index contributed by atoms with van der Waals surface area (Å²) in [5.74, 6) is -0.559. The highest BCUT2D eigenvalue weighted by Crippen LogP contribution is 2.30. The van der Waals surface area contributed by atoms with Crippen molar-refractivity contribution in [2.24, 2.45) is 0 Å². The summed E-state index contributed by atoms with van der Waals surface area (Å²) in [5.41, 5.74) is 13.6. The minimum absolute atomic E-state index is 0. The summed E-state index contributed by atoms with van der Waals surface area (Å²) in [4.78, 5) is 11.3. The number of hydrogen-bond acceptors (Lipinski definition) is 3. The third kappa shape index (κ3) is 3.62. The molecule has 3 nitrogen and oxygen atoms in total. The first kappa shape index (κ1) is 18.2. The summed E-state index contributed by atoms with van der Waals surface area (Å²) in [7, 11) is 0. The maximum absolute atomic E-state index is 13.8. The van der Waals surface area contributed by atoms with Crippen LogP contribution in [0.4, 0.5) is 15.8 Å². The molecular formula is C14H15Cl2FN2O. The van der Waals surface area contributed by atoms with Crippen LogP contribution in [0.5, 0.6) is 0 Å². The van der Waals surface area contributed by atoms with E-state index in [0.29, 0.717) is 22.5 Å². The van der Waals surface area contributed by atoms with E-state index in [9.17, 15) is 9.18 Å². The van der Waals surface area contributed by atoms with Crippen molar-refractivity contribution in [2.75, 3.05) is 11.5 Å². The van der Waals surface area contributed by atoms with Gasteiger partial charge in [0, 0.05) is 28.1 Å². The van der Waals surface area contributed by atoms with Crippen LogP contribution >= 0.6 is 24.8 Å². The number of hydrogen-bond donors (Lipinski definition) is 2. The van der Waals surface area contributed by atoms with Gasteiger partial charge in [-0.15, -0.1) is 24.8 Å². The van der Waals surface area contributed by atoms with Gasteiger partial charge in [-0.3, -0.25) is 4.79 Å². The second-order valence-electron chi connectivity index (χ2n) is 4.10. The molecule has 2 aromatic rings. The second-order valence-corrected chi connectivity index (χ2v) is 4.10. The smallest absolute Gasteiger partial charge is 0.159 e. The van der Waals surface area contributed by atoms with Gasteiger partial charge in [0.1, 0.15) is 5.82 Å². The molecule has 0 radical (unpaired) electrons. The van der Waals surface area contributed by atoms with Gasteiger partial charge in [0.2, 0.25) is 0 Å². The fraction of sp³-hybridized carbons (Fsp3) is 0.0714. The van der Waals surface area contributed by atoms with Crippen molar-refractivity contribution >= 4 is 42.0 Å². The average Bonchev–Trinajstić information content (AvgIpc) is 2.33. The van der Waals surface area contributed by atoms with Gasteiger partial charge in [-0.25, -0.2) is 4.39 Å². The van der Waals surface area contributed by atoms with Crippen molar-refractivity contribution in [3.8, 4) is 11.1 Å². The number of nitrogens with two attached hydrogens (primary N) is 2. The van der Waals surface area contributed by atoms with E-state index < -0.39 is 5.82 Å². The number of carbonyl (C=O) groups excluding carboxylic acids is 1. The molecule has 0 atom stereocenters. The Morgan fingerprint density at radius 3 is 2.25 bits per heavy atom. The number of Topliss-reactive ketones (excluding diaryl/α,β-unsaturated/α-hetero) is 1. The number of benzene rings is 2. The molecule has 0 aliphatic carbocycles. The Balaban J connectivity index is 0.00000180. The number of halogens is 3. The number of carbonyl (C=O) groups is 1. The predicted molar refractivity (Wildman–Crippen MR) is 85.2 cm³/mol. The molecule has 0 aromatic heterocycles. The molecule has 0 heterocycles. The summed E-state index contributed by atoms with van der Waals surface area (Å²) in [5, 5.41) is 0. The Kier molecular flexibility index (Phi) is 6.49. The third-order valence-corrected chi connectivity index (χ3v) is 2.74. The standard InChI is InChI=1S/C14H13FN2O.2ClH/c1-8(18)9-2-4-13(15)11(6-9)12-7-10(16)3-5-14(12)17;;/h2-7H,16-17H2,1H3;2*1H. The van der Waals surface area contributed by atoms with Gasteiger partial charge in [-0.1, -0.05) is 0 Å². The normalized spacial score (nSPS) is 9.30. The van der Waals surface area contributed by atoms with Crippen LogP contribution in [-0.2, 0) is 0 Å². The van der Waals surface area contributed by atoms with E-state index in [-0.39, 0.29) is 36.2 Å². The van der Waals surface area contributed by atoms with E-state index in [2.05, 4.69) is 0 Å². The lowest BCUT2D eigenvalue weighted by molar-refractivity contribution is 0.101. The van der Waals surface area contributed by atoms with Gasteiger partial charge in [0.05, 0.1) is 0 Å². The van der Waals surface area contributed by atoms with Gasteiger partial charge < -0.3 is 11.5 Å². The Bertz CT molecular complexity index is 633. The molecule has 0 unspecified atom stereocenters. The molecular weight excluding hydrogens is 302 g/mol. The Labute approximate surface area is 129 Å². The van der Waals surface area contributed by atoms with Crippen LogP contribution in [0.15, 0.2) is 36.4 Å². The summed E-state index contributed by atoms with van der Waals surface area (Å²) >= 11 is 0. The molecule has 0 saturated heterocycles. The zero-order valence-corrected chi connectivity index (χ0v) is 12.4. The van der Waals surface area contributed by atoms with Gasteiger partial charge in [-0.05, 0) is 43.3 Å². The number of nitrogen functional groups attached to an aromatic ring is 2. The lowest BCUT2D eigenvalue weighted by Gasteiger charge is -2.09. The maximum atomic E-state index is 13.8. The van der Waals surface area contributed by atoms with Crippen molar-refractivity contribution in [1.82, 2.24) is 0 Å². The minimum Gasteiger partial charge on any atom is -0.399 e. The van der Waals surface area contributed by atoms with E-state index in [1.54, 1.807) is 18.2 Å². The first-order valence-electron chi connectivity index (χ1n) is 5.45. The fourth-order valence-corrected chi connectivity index (χ4v) is 1.76. The van der Waals surface area contributed by atoms with Crippen LogP contribution < -0.4 is 11.5 Å². The summed E-state index contributed by atoms with van der Waals surface area (Å²) in [6.07, 6.45) is 0. The molecule has 2 rings (SSSR count). The molecule has 20 heavy (non-hydrogen) atoms. The monoisotopic (exact) mass is 316 g/mol. The summed E-state index contributed by atoms with van der Waals surface area (Å²) < 4.78 is 13.8. The first-order valence-corrected chi connectivity index (χ1v) is 5.45. The van der Waals surface area contributed by atoms with E-state index in [1.807, 2.05) is 0 Å². The molecule has 0 bridgehead atoms. The molecule has 2 aromatic carbocycles. The van der Waals surface area contributed by atoms with Crippen LogP contribution in [0.25, 0.3) is 11.1 Å². The zero-order valence-electron chi connectivity index (χ0n) is 10.7. The van der Waals surface area contributed by atoms with E-state index in [1.165, 1.54) is 25.1 Å². The number of rotatable bonds is 2. The van der Waals surface area contributed by atoms with Gasteiger partial charge in [0.15, 0.2) is 5.78 Å². The molecule has 0 amide bonds. The summed E-state index contributed by atoms with van der Waals surface area (Å²) in [6, 6.07) is 9.05. The second kappa shape index (κ2) is 7.12. The van der Waals surface area contributed by atoms with Crippen LogP contribution in [0.1, 0.15) is 17.3 Å². The van der Waals surface area contributed by atoms with Crippen molar-refractivity contribution in [3.05, 3.63) is 47.8 Å². The lowest BCUT2D eigenvalue weighted by atomic mass is 9.99. The maximum Gasteiger partial charge on any atom is 0.159 e. The average molecular weight is 317 g/mol. The Morgan fingerprint density at radius 2 is 1.65 bits per heavy atom. The van der Waals surface area contributed by atoms with E-state index in [0.717, 1.165) is 0 Å². The molecule has 6 heteroatoms. The van der Waals surface area contributed by atoms with Gasteiger partial charge in [-0.2, -0.15) is 0 Å². The van der Waals surface area contributed by atoms with Crippen molar-refractivity contribution in [1.29, 1.82) is 0 Å². The van der Waals surface area contributed by atoms with E-state index >= 15 is 0 Å². The Morgan fingerprint density at radius 1 is 1.00 bits per heavy atom. The SMILES string of the molecule is CC(=O)c1ccc(F)c(-c2cc(N)ccc2N)c1.Cl.Cl. The molecule has 0 fully saturated rings. The van der Waals surface area contributed by atoms with E-state index in [4.69, 9.17) is 11.5 Å². The molecule has 108 valence electrons. The van der Waals surface area contributed by atoms with Crippen molar-refractivity contribution in [2.45, 2.75) is 6.92 Å². The number of anilines is 2. The molecule has 0 spiro atoms. The predicted octanol–water partition coefficient (Wildman–Crippen LogP) is 3.70. The highest BCUT2D eigenvalue weighted by molar-refractivity contribution is 5.96. The van der Waals surface area contributed by atoms with Crippen molar-refractivity contribution < 1.29 is 9.18 Å². The highest BCUT2D eigenvalue weighted by atomic mass is 35.5. The van der Waals surface area contributed by atoms with Gasteiger partial charge in [0.25, 0.3) is 0 Å². The fourth-order valence-electron chi connectivity index (χ4n) is 1.76. The zero-order chi connectivity index (χ0) is 13.3. The molecule has 4 N–H and O–H groups in total. The highest BCUT2D eigenvalue weighted by Gasteiger charge is 2.11. The lowest BCUT2D eigenvalue weighted by Crippen LogP contribution is -1.98. The Hall–Kier alpha value is -1.78. The third-order valence-electron chi connectivity index (χ3n) is 2.74. The van der Waals surface area contributed by atoms with Crippen LogP contribution in [0.3, 0.4) is 0 Å². The number of ketones is 1. The van der Waals surface area contributed by atoms with Crippen LogP contribution in [0.2, 0.25) is 0 Å². The largest absolute Gasteiger partial charge is 0.399 e. The van der Waals surface area contributed by atoms with Crippen molar-refractivity contribution in [3.63, 3.8) is 0 Å². The first-order chi connectivity index (χ1) is 8.49. The van der Waals surface area contributed by atoms with Crippen LogP contribution in [-0.4, -0.2) is 5.78 Å². The summed E-state index contributed by atoms with van der Waals surface area (Å²) in [6.45, 7) is 1.43. The molecule has 0 saturated carbocycles. The topological polar surface area (TPSA) is 69.1 Å². The molecule has 0 aliphatic heterocycles. The minimum atomic E-state index is -0.433.